The predicted octanol–water partition coefficient (Wildman–Crippen LogP) is 1.28. The van der Waals surface area contributed by atoms with Crippen LogP contribution in [-0.2, 0) is 19.0 Å². The highest BCUT2D eigenvalue weighted by Crippen LogP contribution is 2.13. The van der Waals surface area contributed by atoms with Crippen molar-refractivity contribution in [3.63, 3.8) is 0 Å². The Labute approximate surface area is 157 Å². The fraction of sp³-hybridized carbons (Fsp3) is 0.500. The molecule has 0 unspecified atom stereocenters. The van der Waals surface area contributed by atoms with Gasteiger partial charge < -0.3 is 29.4 Å². The highest BCUT2D eigenvalue weighted by molar-refractivity contribution is 5.89. The first-order valence-corrected chi connectivity index (χ1v) is 8.14. The van der Waals surface area contributed by atoms with Crippen molar-refractivity contribution in [3.05, 3.63) is 29.8 Å². The Morgan fingerprint density at radius 2 is 1.70 bits per heavy atom. The third-order valence-corrected chi connectivity index (χ3v) is 3.25. The summed E-state index contributed by atoms with van der Waals surface area (Å²) in [6.07, 6.45) is -2.62. The highest BCUT2D eigenvalue weighted by atomic mass is 16.6. The molecule has 150 valence electrons. The molecule has 0 spiro atoms. The minimum absolute atomic E-state index is 0.236. The van der Waals surface area contributed by atoms with Crippen LogP contribution in [0, 0.1) is 0 Å². The Kier molecular flexibility index (Phi) is 8.04. The van der Waals surface area contributed by atoms with Gasteiger partial charge in [0.1, 0.15) is 24.0 Å². The zero-order valence-corrected chi connectivity index (χ0v) is 16.0. The molecule has 2 atom stereocenters. The van der Waals surface area contributed by atoms with Crippen molar-refractivity contribution < 1.29 is 38.4 Å². The van der Waals surface area contributed by atoms with E-state index in [1.807, 2.05) is 0 Å². The van der Waals surface area contributed by atoms with Gasteiger partial charge in [0.15, 0.2) is 6.10 Å². The molecule has 0 aliphatic rings. The van der Waals surface area contributed by atoms with Crippen LogP contribution in [0.4, 0.5) is 4.79 Å². The lowest BCUT2D eigenvalue weighted by Crippen LogP contribution is -2.51. The largest absolute Gasteiger partial charge is 0.497 e. The zero-order chi connectivity index (χ0) is 20.6. The van der Waals surface area contributed by atoms with Gasteiger partial charge in [0.2, 0.25) is 0 Å². The number of rotatable bonds is 7. The maximum atomic E-state index is 12.1. The Hall–Kier alpha value is -2.81. The molecular weight excluding hydrogens is 358 g/mol. The fourth-order valence-electron chi connectivity index (χ4n) is 1.93. The summed E-state index contributed by atoms with van der Waals surface area (Å²) in [6.45, 7) is 4.49. The molecular formula is C18H25NO8. The third-order valence-electron chi connectivity index (χ3n) is 3.25. The maximum Gasteiger partial charge on any atom is 0.408 e. The van der Waals surface area contributed by atoms with Crippen LogP contribution in [0.1, 0.15) is 31.1 Å². The summed E-state index contributed by atoms with van der Waals surface area (Å²) in [7, 11) is 2.58. The van der Waals surface area contributed by atoms with E-state index >= 15 is 0 Å². The molecule has 0 fully saturated rings. The summed E-state index contributed by atoms with van der Waals surface area (Å²) in [5.74, 6) is -1.13. The zero-order valence-electron chi connectivity index (χ0n) is 16.0. The monoisotopic (exact) mass is 383 g/mol. The van der Waals surface area contributed by atoms with Crippen LogP contribution in [-0.4, -0.2) is 61.7 Å². The lowest BCUT2D eigenvalue weighted by atomic mass is 10.1. The first kappa shape index (κ1) is 22.2. The molecule has 2 N–H and O–H groups in total. The quantitative estimate of drug-likeness (QED) is 0.534. The number of aliphatic hydroxyl groups excluding tert-OH is 1. The minimum Gasteiger partial charge on any atom is -0.497 e. The van der Waals surface area contributed by atoms with Crippen molar-refractivity contribution in [2.75, 3.05) is 20.8 Å². The van der Waals surface area contributed by atoms with Gasteiger partial charge in [-0.2, -0.15) is 0 Å². The van der Waals surface area contributed by atoms with Gasteiger partial charge in [-0.15, -0.1) is 0 Å². The molecule has 1 rings (SSSR count). The van der Waals surface area contributed by atoms with Gasteiger partial charge in [-0.25, -0.2) is 14.4 Å². The van der Waals surface area contributed by atoms with Crippen LogP contribution in [0.15, 0.2) is 24.3 Å². The normalized spacial score (nSPS) is 13.1. The van der Waals surface area contributed by atoms with Gasteiger partial charge in [0.05, 0.1) is 19.8 Å². The van der Waals surface area contributed by atoms with E-state index in [4.69, 9.17) is 14.2 Å². The maximum absolute atomic E-state index is 12.1. The van der Waals surface area contributed by atoms with Crippen LogP contribution in [0.25, 0.3) is 0 Å². The topological polar surface area (TPSA) is 120 Å². The molecule has 0 aliphatic carbocycles. The van der Waals surface area contributed by atoms with Crippen LogP contribution in [0.5, 0.6) is 5.75 Å². The summed E-state index contributed by atoms with van der Waals surface area (Å²) < 4.78 is 19.6. The smallest absolute Gasteiger partial charge is 0.408 e. The lowest BCUT2D eigenvalue weighted by molar-refractivity contribution is -0.152. The van der Waals surface area contributed by atoms with Crippen molar-refractivity contribution >= 4 is 18.0 Å². The minimum atomic E-state index is -1.74. The number of alkyl carbamates (subject to hydrolysis) is 1. The number of ether oxygens (including phenoxy) is 4. The molecule has 0 bridgehead atoms. The van der Waals surface area contributed by atoms with Crippen LogP contribution >= 0.6 is 0 Å². The van der Waals surface area contributed by atoms with Crippen LogP contribution in [0.3, 0.4) is 0 Å². The van der Waals surface area contributed by atoms with Crippen molar-refractivity contribution in [3.8, 4) is 5.75 Å². The number of carbonyl (C=O) groups is 3. The highest BCUT2D eigenvalue weighted by Gasteiger charge is 2.31. The van der Waals surface area contributed by atoms with E-state index in [1.54, 1.807) is 32.9 Å². The molecule has 0 aliphatic heterocycles. The Morgan fingerprint density at radius 1 is 1.11 bits per heavy atom. The molecule has 0 saturated carbocycles. The first-order valence-electron chi connectivity index (χ1n) is 8.14. The second kappa shape index (κ2) is 9.77. The molecule has 0 saturated heterocycles. The standard InChI is InChI=1S/C18H25NO8/c1-18(2,3)27-17(23)19-13(14(20)16(22)25-5)10-26-15(21)11-6-8-12(24-4)9-7-11/h6-9,13-14,20H,10H2,1-5H3,(H,19,23)/t13-,14+/m1/s1. The van der Waals surface area contributed by atoms with Crippen molar-refractivity contribution in [2.45, 2.75) is 38.5 Å². The van der Waals surface area contributed by atoms with Gasteiger partial charge in [0.25, 0.3) is 0 Å². The van der Waals surface area contributed by atoms with E-state index in [-0.39, 0.29) is 5.56 Å². The lowest BCUT2D eigenvalue weighted by Gasteiger charge is -2.25. The van der Waals surface area contributed by atoms with E-state index in [0.717, 1.165) is 7.11 Å². The Balaban J connectivity index is 2.78. The van der Waals surface area contributed by atoms with E-state index < -0.39 is 42.4 Å². The van der Waals surface area contributed by atoms with Crippen molar-refractivity contribution in [1.29, 1.82) is 0 Å². The SMILES string of the molecule is COC(=O)[C@@H](O)[C@@H](COC(=O)c1ccc(OC)cc1)NC(=O)OC(C)(C)C. The average molecular weight is 383 g/mol. The van der Waals surface area contributed by atoms with Crippen LogP contribution < -0.4 is 10.1 Å². The second-order valence-electron chi connectivity index (χ2n) is 6.55. The number of esters is 2. The van der Waals surface area contributed by atoms with Gasteiger partial charge >= 0.3 is 18.0 Å². The first-order chi connectivity index (χ1) is 12.6. The Bertz CT molecular complexity index is 650. The van der Waals surface area contributed by atoms with Gasteiger partial charge in [-0.1, -0.05) is 0 Å². The molecule has 27 heavy (non-hydrogen) atoms. The summed E-state index contributed by atoms with van der Waals surface area (Å²) >= 11 is 0. The summed E-state index contributed by atoms with van der Waals surface area (Å²) in [5, 5.41) is 12.3. The summed E-state index contributed by atoms with van der Waals surface area (Å²) in [5.41, 5.74) is -0.552. The fourth-order valence-corrected chi connectivity index (χ4v) is 1.93. The van der Waals surface area contributed by atoms with E-state index in [9.17, 15) is 19.5 Å². The number of benzene rings is 1. The van der Waals surface area contributed by atoms with Gasteiger partial charge in [-0.05, 0) is 45.0 Å². The number of aliphatic hydroxyl groups is 1. The number of hydrogen-bond acceptors (Lipinski definition) is 8. The third kappa shape index (κ3) is 7.53. The summed E-state index contributed by atoms with van der Waals surface area (Å²) in [6, 6.07) is 4.89. The number of carbonyl (C=O) groups excluding carboxylic acids is 3. The molecule has 0 radical (unpaired) electrons. The number of hydrogen-bond donors (Lipinski definition) is 2. The predicted molar refractivity (Wildman–Crippen MR) is 94.5 cm³/mol. The number of amides is 1. The molecule has 9 heteroatoms. The second-order valence-corrected chi connectivity index (χ2v) is 6.55. The van der Waals surface area contributed by atoms with Gasteiger partial charge in [-0.3, -0.25) is 0 Å². The Morgan fingerprint density at radius 3 is 2.19 bits per heavy atom. The molecule has 0 heterocycles. The number of methoxy groups -OCH3 is 2. The van der Waals surface area contributed by atoms with Crippen molar-refractivity contribution in [2.24, 2.45) is 0 Å². The van der Waals surface area contributed by atoms with E-state index in [2.05, 4.69) is 10.1 Å². The molecule has 9 nitrogen and oxygen atoms in total. The summed E-state index contributed by atoms with van der Waals surface area (Å²) in [4.78, 5) is 35.6. The van der Waals surface area contributed by atoms with E-state index in [0.29, 0.717) is 5.75 Å². The molecule has 1 amide bonds. The molecule has 1 aromatic rings. The van der Waals surface area contributed by atoms with Crippen molar-refractivity contribution in [1.82, 2.24) is 5.32 Å². The van der Waals surface area contributed by atoms with E-state index in [1.165, 1.54) is 19.2 Å². The molecule has 1 aromatic carbocycles. The molecule has 0 aromatic heterocycles. The van der Waals surface area contributed by atoms with Gasteiger partial charge in [0, 0.05) is 0 Å². The number of nitrogens with one attached hydrogen (secondary N) is 1. The van der Waals surface area contributed by atoms with Crippen LogP contribution in [0.2, 0.25) is 0 Å². The average Bonchev–Trinajstić information content (AvgIpc) is 2.62.